The van der Waals surface area contributed by atoms with Gasteiger partial charge >= 0.3 is 24.6 Å². The minimum absolute atomic E-state index is 0.0815. The highest BCUT2D eigenvalue weighted by molar-refractivity contribution is 8.01. The summed E-state index contributed by atoms with van der Waals surface area (Å²) in [5.74, 6) is 0.0815. The first-order valence-electron chi connectivity index (χ1n) is 9.65. The standard InChI is InChI=1S/C19H21NO12S2/c21-16(22)29-6-5-10(30-17(23)24)7-11(31-18(25)26)8-12(32-19(27)28)9-33-15-20-13-3-1-2-4-14(13)34-15/h1-4,10-12H,5-9H2,(H,21,22)(H,23,24)(H,25,26)(H,27,28). The molecular formula is C19H21NO12S2. The first-order valence-corrected chi connectivity index (χ1v) is 11.5. The predicted octanol–water partition coefficient (Wildman–Crippen LogP) is 4.44. The maximum Gasteiger partial charge on any atom is 0.506 e. The van der Waals surface area contributed by atoms with Crippen molar-refractivity contribution in [3.05, 3.63) is 24.3 Å². The number of ether oxygens (including phenoxy) is 4. The second-order valence-corrected chi connectivity index (χ2v) is 8.95. The van der Waals surface area contributed by atoms with Gasteiger partial charge in [0.2, 0.25) is 0 Å². The van der Waals surface area contributed by atoms with Gasteiger partial charge in [0.25, 0.3) is 0 Å². The Labute approximate surface area is 200 Å². The molecule has 0 aliphatic rings. The van der Waals surface area contributed by atoms with Gasteiger partial charge in [-0.3, -0.25) is 0 Å². The maximum absolute atomic E-state index is 11.2. The topological polar surface area (TPSA) is 199 Å². The van der Waals surface area contributed by atoms with E-state index in [0.717, 1.165) is 10.2 Å². The van der Waals surface area contributed by atoms with Crippen molar-refractivity contribution in [2.45, 2.75) is 41.9 Å². The van der Waals surface area contributed by atoms with E-state index >= 15 is 0 Å². The van der Waals surface area contributed by atoms with Crippen molar-refractivity contribution in [2.24, 2.45) is 0 Å². The third kappa shape index (κ3) is 9.99. The van der Waals surface area contributed by atoms with E-state index in [1.165, 1.54) is 23.1 Å². The van der Waals surface area contributed by atoms with Gasteiger partial charge in [0.15, 0.2) is 4.34 Å². The summed E-state index contributed by atoms with van der Waals surface area (Å²) >= 11 is 2.60. The Kier molecular flexibility index (Phi) is 10.5. The normalized spacial score (nSPS) is 13.4. The third-order valence-electron chi connectivity index (χ3n) is 4.19. The minimum atomic E-state index is -1.67. The first-order chi connectivity index (χ1) is 16.1. The van der Waals surface area contributed by atoms with Gasteiger partial charge in [-0.1, -0.05) is 23.9 Å². The van der Waals surface area contributed by atoms with E-state index in [1.807, 2.05) is 24.3 Å². The van der Waals surface area contributed by atoms with Crippen LogP contribution in [0.2, 0.25) is 0 Å². The number of hydrogen-bond acceptors (Lipinski definition) is 11. The summed E-state index contributed by atoms with van der Waals surface area (Å²) in [5, 5.41) is 35.6. The number of nitrogens with zero attached hydrogens (tertiary/aromatic N) is 1. The molecule has 0 saturated carbocycles. The van der Waals surface area contributed by atoms with Crippen molar-refractivity contribution in [2.75, 3.05) is 12.4 Å². The SMILES string of the molecule is O=C(O)OCCC(CC(CC(CSc1nc2ccccc2s1)OC(=O)O)OC(=O)O)OC(=O)O. The van der Waals surface area contributed by atoms with Crippen LogP contribution in [0.3, 0.4) is 0 Å². The molecule has 13 nitrogen and oxygen atoms in total. The number of carbonyl (C=O) groups is 4. The van der Waals surface area contributed by atoms with Crippen LogP contribution in [0.5, 0.6) is 0 Å². The molecular weight excluding hydrogens is 498 g/mol. The van der Waals surface area contributed by atoms with Crippen LogP contribution in [-0.2, 0) is 18.9 Å². The number of thioether (sulfide) groups is 1. The van der Waals surface area contributed by atoms with E-state index in [0.29, 0.717) is 4.34 Å². The average molecular weight is 520 g/mol. The number of thiazole rings is 1. The quantitative estimate of drug-likeness (QED) is 0.164. The number of rotatable bonds is 13. The average Bonchev–Trinajstić information content (AvgIpc) is 3.13. The van der Waals surface area contributed by atoms with Gasteiger partial charge in [-0.15, -0.1) is 11.3 Å². The largest absolute Gasteiger partial charge is 0.506 e. The number of para-hydroxylation sites is 1. The molecule has 34 heavy (non-hydrogen) atoms. The van der Waals surface area contributed by atoms with E-state index in [4.69, 9.17) is 29.9 Å². The Morgan fingerprint density at radius 2 is 1.44 bits per heavy atom. The van der Waals surface area contributed by atoms with Crippen molar-refractivity contribution in [3.8, 4) is 0 Å². The van der Waals surface area contributed by atoms with Crippen LogP contribution in [0, 0.1) is 0 Å². The Bertz CT molecular complexity index is 964. The van der Waals surface area contributed by atoms with Gasteiger partial charge in [-0.05, 0) is 12.1 Å². The fourth-order valence-electron chi connectivity index (χ4n) is 2.94. The van der Waals surface area contributed by atoms with Gasteiger partial charge < -0.3 is 39.4 Å². The molecule has 0 radical (unpaired) electrons. The van der Waals surface area contributed by atoms with Crippen molar-refractivity contribution in [3.63, 3.8) is 0 Å². The second kappa shape index (κ2) is 13.3. The van der Waals surface area contributed by atoms with E-state index in [1.54, 1.807) is 0 Å². The summed E-state index contributed by atoms with van der Waals surface area (Å²) < 4.78 is 20.3. The molecule has 1 aromatic heterocycles. The zero-order chi connectivity index (χ0) is 25.1. The van der Waals surface area contributed by atoms with Gasteiger partial charge in [-0.25, -0.2) is 24.2 Å². The fraction of sp³-hybridized carbons (Fsp3) is 0.421. The molecule has 0 saturated heterocycles. The Morgan fingerprint density at radius 1 is 0.853 bits per heavy atom. The summed E-state index contributed by atoms with van der Waals surface area (Å²) in [4.78, 5) is 48.2. The highest BCUT2D eigenvalue weighted by Crippen LogP contribution is 2.31. The number of fused-ring (bicyclic) bond motifs is 1. The molecule has 0 aliphatic carbocycles. The fourth-order valence-corrected chi connectivity index (χ4v) is 5.04. The minimum Gasteiger partial charge on any atom is -0.450 e. The molecule has 0 bridgehead atoms. The van der Waals surface area contributed by atoms with Crippen LogP contribution in [-0.4, -0.2) is 80.7 Å². The molecule has 15 heteroatoms. The van der Waals surface area contributed by atoms with Crippen LogP contribution in [0.4, 0.5) is 19.2 Å². The number of aromatic nitrogens is 1. The monoisotopic (exact) mass is 519 g/mol. The van der Waals surface area contributed by atoms with Gasteiger partial charge in [-0.2, -0.15) is 0 Å². The summed E-state index contributed by atoms with van der Waals surface area (Å²) in [6.07, 6.45) is -10.7. The van der Waals surface area contributed by atoms with Crippen molar-refractivity contribution in [1.82, 2.24) is 4.98 Å². The Hall–Kier alpha value is -3.46. The molecule has 186 valence electrons. The predicted molar refractivity (Wildman–Crippen MR) is 117 cm³/mol. The summed E-state index contributed by atoms with van der Waals surface area (Å²) in [6.45, 7) is -0.407. The molecule has 4 N–H and O–H groups in total. The van der Waals surface area contributed by atoms with E-state index in [9.17, 15) is 19.2 Å². The van der Waals surface area contributed by atoms with Crippen LogP contribution >= 0.6 is 23.1 Å². The molecule has 2 aromatic rings. The lowest BCUT2D eigenvalue weighted by atomic mass is 10.0. The molecule has 3 atom stereocenters. The third-order valence-corrected chi connectivity index (χ3v) is 6.50. The summed E-state index contributed by atoms with van der Waals surface area (Å²) in [5.41, 5.74) is 0.773. The van der Waals surface area contributed by atoms with Crippen LogP contribution < -0.4 is 0 Å². The zero-order valence-corrected chi connectivity index (χ0v) is 19.0. The van der Waals surface area contributed by atoms with Crippen molar-refractivity contribution in [1.29, 1.82) is 0 Å². The molecule has 0 aliphatic heterocycles. The second-order valence-electron chi connectivity index (χ2n) is 6.65. The number of hydrogen-bond donors (Lipinski definition) is 4. The van der Waals surface area contributed by atoms with Crippen molar-refractivity contribution >= 4 is 57.9 Å². The maximum atomic E-state index is 11.2. The molecule has 0 amide bonds. The van der Waals surface area contributed by atoms with Gasteiger partial charge in [0.1, 0.15) is 18.3 Å². The smallest absolute Gasteiger partial charge is 0.450 e. The van der Waals surface area contributed by atoms with Crippen LogP contribution in [0.1, 0.15) is 19.3 Å². The highest BCUT2D eigenvalue weighted by Gasteiger charge is 2.28. The molecule has 1 heterocycles. The van der Waals surface area contributed by atoms with E-state index in [-0.39, 0.29) is 25.0 Å². The van der Waals surface area contributed by atoms with Gasteiger partial charge in [0.05, 0.1) is 16.8 Å². The molecule has 3 unspecified atom stereocenters. The molecule has 2 rings (SSSR count). The van der Waals surface area contributed by atoms with Crippen molar-refractivity contribution < 1.29 is 58.6 Å². The first kappa shape index (κ1) is 26.8. The molecule has 1 aromatic carbocycles. The number of benzene rings is 1. The number of carboxylic acid groups (broad SMARTS) is 4. The van der Waals surface area contributed by atoms with E-state index in [2.05, 4.69) is 14.5 Å². The molecule has 0 spiro atoms. The summed E-state index contributed by atoms with van der Waals surface area (Å²) in [6, 6.07) is 7.40. The van der Waals surface area contributed by atoms with Crippen LogP contribution in [0.15, 0.2) is 28.6 Å². The van der Waals surface area contributed by atoms with E-state index < -0.39 is 49.5 Å². The lowest BCUT2D eigenvalue weighted by Crippen LogP contribution is -2.33. The van der Waals surface area contributed by atoms with Crippen LogP contribution in [0.25, 0.3) is 10.2 Å². The Balaban J connectivity index is 2.08. The Morgan fingerprint density at radius 3 is 2.06 bits per heavy atom. The van der Waals surface area contributed by atoms with Gasteiger partial charge in [0, 0.05) is 25.0 Å². The lowest BCUT2D eigenvalue weighted by Gasteiger charge is -2.25. The zero-order valence-electron chi connectivity index (χ0n) is 17.4. The lowest BCUT2D eigenvalue weighted by molar-refractivity contribution is -0.0218. The highest BCUT2D eigenvalue weighted by atomic mass is 32.2. The molecule has 0 fully saturated rings. The summed E-state index contributed by atoms with van der Waals surface area (Å²) in [7, 11) is 0.